The molecule has 1 aromatic carbocycles. The number of benzene rings is 1. The largest absolute Gasteiger partial charge is 0.418 e. The number of hydrogen-bond acceptors (Lipinski definition) is 6. The lowest BCUT2D eigenvalue weighted by atomic mass is 10.1. The van der Waals surface area contributed by atoms with E-state index >= 15 is 0 Å². The topological polar surface area (TPSA) is 54.9 Å². The van der Waals surface area contributed by atoms with E-state index in [9.17, 15) is 18.0 Å². The number of amides is 1. The molecule has 1 aromatic heterocycles. The van der Waals surface area contributed by atoms with Gasteiger partial charge in [-0.15, -0.1) is 10.2 Å². The first-order valence-electron chi connectivity index (χ1n) is 6.56. The molecule has 0 fully saturated rings. The van der Waals surface area contributed by atoms with Crippen LogP contribution in [0.1, 0.15) is 12.5 Å². The summed E-state index contributed by atoms with van der Waals surface area (Å²) in [6.07, 6.45) is -4.60. The third-order valence-corrected chi connectivity index (χ3v) is 5.95. The van der Waals surface area contributed by atoms with Gasteiger partial charge < -0.3 is 5.32 Å². The van der Waals surface area contributed by atoms with Crippen molar-refractivity contribution in [3.05, 3.63) is 28.8 Å². The zero-order chi connectivity index (χ0) is 17.7. The third-order valence-electron chi connectivity index (χ3n) is 2.57. The number of rotatable bonds is 6. The molecule has 0 saturated heterocycles. The van der Waals surface area contributed by atoms with Crippen LogP contribution in [0.2, 0.25) is 5.02 Å². The van der Waals surface area contributed by atoms with Crippen LogP contribution in [0.15, 0.2) is 26.9 Å². The molecule has 0 aliphatic rings. The Hall–Kier alpha value is -0.970. The van der Waals surface area contributed by atoms with Crippen LogP contribution in [0.5, 0.6) is 0 Å². The lowest BCUT2D eigenvalue weighted by Crippen LogP contribution is -2.18. The molecular weight excluding hydrogens is 403 g/mol. The van der Waals surface area contributed by atoms with E-state index in [0.29, 0.717) is 4.34 Å². The van der Waals surface area contributed by atoms with Gasteiger partial charge in [0.2, 0.25) is 5.91 Å². The Bertz CT molecular complexity index is 724. The Morgan fingerprint density at radius 2 is 1.96 bits per heavy atom. The lowest BCUT2D eigenvalue weighted by molar-refractivity contribution is -0.137. The van der Waals surface area contributed by atoms with Gasteiger partial charge in [0.05, 0.1) is 22.0 Å². The van der Waals surface area contributed by atoms with Gasteiger partial charge in [-0.05, 0) is 17.9 Å². The predicted octanol–water partition coefficient (Wildman–Crippen LogP) is 5.05. The molecule has 0 atom stereocenters. The van der Waals surface area contributed by atoms with Crippen LogP contribution < -0.4 is 5.32 Å². The standard InChI is InChI=1S/C13H11ClF3N3OS3/c1-2-22-11-19-20-12(24-11)23-6-9(21)18-10-7(13(15,16)17)4-3-5-8(10)14/h3-5H,2,6H2,1H3,(H,18,21). The summed E-state index contributed by atoms with van der Waals surface area (Å²) in [5, 5.41) is 9.91. The molecule has 0 saturated carbocycles. The molecular formula is C13H11ClF3N3OS3. The number of hydrogen-bond donors (Lipinski definition) is 1. The van der Waals surface area contributed by atoms with E-state index in [4.69, 9.17) is 11.6 Å². The number of nitrogens with zero attached hydrogens (tertiary/aromatic N) is 2. The maximum atomic E-state index is 13.0. The summed E-state index contributed by atoms with van der Waals surface area (Å²) in [7, 11) is 0. The molecule has 0 bridgehead atoms. The summed E-state index contributed by atoms with van der Waals surface area (Å²) in [5.41, 5.74) is -1.41. The normalized spacial score (nSPS) is 11.5. The summed E-state index contributed by atoms with van der Waals surface area (Å²) in [4.78, 5) is 11.9. The molecule has 130 valence electrons. The van der Waals surface area contributed by atoms with Crippen LogP contribution >= 0.6 is 46.5 Å². The van der Waals surface area contributed by atoms with Crippen molar-refractivity contribution in [3.63, 3.8) is 0 Å². The molecule has 24 heavy (non-hydrogen) atoms. The van der Waals surface area contributed by atoms with E-state index in [0.717, 1.165) is 27.9 Å². The molecule has 11 heteroatoms. The van der Waals surface area contributed by atoms with Crippen molar-refractivity contribution in [2.75, 3.05) is 16.8 Å². The smallest absolute Gasteiger partial charge is 0.324 e. The van der Waals surface area contributed by atoms with Crippen molar-refractivity contribution in [2.45, 2.75) is 21.8 Å². The second kappa shape index (κ2) is 8.41. The number of anilines is 1. The van der Waals surface area contributed by atoms with Crippen molar-refractivity contribution in [1.29, 1.82) is 0 Å². The highest BCUT2D eigenvalue weighted by Gasteiger charge is 2.34. The quantitative estimate of drug-likeness (QED) is 0.671. The van der Waals surface area contributed by atoms with E-state index in [1.54, 1.807) is 0 Å². The van der Waals surface area contributed by atoms with Gasteiger partial charge in [0, 0.05) is 0 Å². The van der Waals surface area contributed by atoms with E-state index in [2.05, 4.69) is 15.5 Å². The van der Waals surface area contributed by atoms with E-state index in [1.165, 1.54) is 35.2 Å². The minimum atomic E-state index is -4.60. The van der Waals surface area contributed by atoms with Crippen LogP contribution in [-0.4, -0.2) is 27.6 Å². The van der Waals surface area contributed by atoms with Gasteiger partial charge in [0.1, 0.15) is 0 Å². The van der Waals surface area contributed by atoms with Crippen molar-refractivity contribution in [1.82, 2.24) is 10.2 Å². The number of aromatic nitrogens is 2. The van der Waals surface area contributed by atoms with Crippen molar-refractivity contribution >= 4 is 58.1 Å². The summed E-state index contributed by atoms with van der Waals surface area (Å²) < 4.78 is 40.3. The molecule has 1 heterocycles. The molecule has 2 rings (SSSR count). The number of alkyl halides is 3. The van der Waals surface area contributed by atoms with Gasteiger partial charge in [-0.2, -0.15) is 13.2 Å². The maximum Gasteiger partial charge on any atom is 0.418 e. The monoisotopic (exact) mass is 413 g/mol. The second-order valence-electron chi connectivity index (χ2n) is 4.26. The van der Waals surface area contributed by atoms with Crippen LogP contribution in [0.4, 0.5) is 18.9 Å². The zero-order valence-electron chi connectivity index (χ0n) is 12.2. The van der Waals surface area contributed by atoms with Crippen LogP contribution in [0.3, 0.4) is 0 Å². The molecule has 0 unspecified atom stereocenters. The highest BCUT2D eigenvalue weighted by Crippen LogP contribution is 2.38. The van der Waals surface area contributed by atoms with Gasteiger partial charge in [0.25, 0.3) is 0 Å². The Morgan fingerprint density at radius 3 is 2.58 bits per heavy atom. The molecule has 2 aromatic rings. The van der Waals surface area contributed by atoms with Gasteiger partial charge in [0.15, 0.2) is 8.68 Å². The van der Waals surface area contributed by atoms with Crippen LogP contribution in [-0.2, 0) is 11.0 Å². The number of carbonyl (C=O) groups excluding carboxylic acids is 1. The summed E-state index contributed by atoms with van der Waals surface area (Å²) in [6.45, 7) is 1.98. The Morgan fingerprint density at radius 1 is 1.29 bits per heavy atom. The SMILES string of the molecule is CCSc1nnc(SCC(=O)Nc2c(Cl)cccc2C(F)(F)F)s1. The van der Waals surface area contributed by atoms with E-state index in [1.807, 2.05) is 6.92 Å². The predicted molar refractivity (Wildman–Crippen MR) is 92.1 cm³/mol. The molecule has 0 spiro atoms. The van der Waals surface area contributed by atoms with Crippen molar-refractivity contribution in [2.24, 2.45) is 0 Å². The number of thioether (sulfide) groups is 2. The summed E-state index contributed by atoms with van der Waals surface area (Å²) in [6, 6.07) is 3.34. The number of carbonyl (C=O) groups is 1. The van der Waals surface area contributed by atoms with Gasteiger partial charge in [-0.25, -0.2) is 0 Å². The highest BCUT2D eigenvalue weighted by molar-refractivity contribution is 8.03. The zero-order valence-corrected chi connectivity index (χ0v) is 15.4. The average Bonchev–Trinajstić information content (AvgIpc) is 2.94. The molecule has 0 aliphatic heterocycles. The van der Waals surface area contributed by atoms with Gasteiger partial charge in [-0.1, -0.05) is 59.5 Å². The first kappa shape index (κ1) is 19.4. The lowest BCUT2D eigenvalue weighted by Gasteiger charge is -2.14. The molecule has 4 nitrogen and oxygen atoms in total. The summed E-state index contributed by atoms with van der Waals surface area (Å²) in [5.74, 6) is 0.166. The number of nitrogens with one attached hydrogen (secondary N) is 1. The third kappa shape index (κ3) is 5.27. The molecule has 0 radical (unpaired) electrons. The minimum Gasteiger partial charge on any atom is -0.324 e. The Kier molecular flexibility index (Phi) is 6.79. The fourth-order valence-corrected chi connectivity index (χ4v) is 4.57. The van der Waals surface area contributed by atoms with Crippen LogP contribution in [0.25, 0.3) is 0 Å². The first-order valence-corrected chi connectivity index (χ1v) is 9.72. The summed E-state index contributed by atoms with van der Waals surface area (Å²) >= 11 is 9.76. The fourth-order valence-electron chi connectivity index (χ4n) is 1.63. The maximum absolute atomic E-state index is 13.0. The number of para-hydroxylation sites is 1. The fraction of sp³-hybridized carbons (Fsp3) is 0.308. The molecule has 1 N–H and O–H groups in total. The van der Waals surface area contributed by atoms with Gasteiger partial charge >= 0.3 is 6.18 Å². The number of halogens is 4. The minimum absolute atomic E-state index is 0.0893. The van der Waals surface area contributed by atoms with Crippen molar-refractivity contribution in [3.8, 4) is 0 Å². The Balaban J connectivity index is 2.02. The molecule has 1 amide bonds. The first-order chi connectivity index (χ1) is 11.3. The Labute approximate surface area is 153 Å². The highest BCUT2D eigenvalue weighted by atomic mass is 35.5. The van der Waals surface area contributed by atoms with Crippen LogP contribution in [0, 0.1) is 0 Å². The van der Waals surface area contributed by atoms with Crippen molar-refractivity contribution < 1.29 is 18.0 Å². The van der Waals surface area contributed by atoms with Gasteiger partial charge in [-0.3, -0.25) is 4.79 Å². The molecule has 0 aliphatic carbocycles. The second-order valence-corrected chi connectivity index (χ2v) is 8.38. The van der Waals surface area contributed by atoms with E-state index in [-0.39, 0.29) is 10.8 Å². The average molecular weight is 414 g/mol. The van der Waals surface area contributed by atoms with E-state index < -0.39 is 23.3 Å².